The molecule has 1 aromatic rings. The summed E-state index contributed by atoms with van der Waals surface area (Å²) in [7, 11) is 2.02. The molecule has 2 rings (SSSR count). The van der Waals surface area contributed by atoms with Crippen molar-refractivity contribution in [2.75, 3.05) is 13.7 Å². The molecule has 0 amide bonds. The molecule has 118 valence electrons. The van der Waals surface area contributed by atoms with E-state index in [9.17, 15) is 0 Å². The van der Waals surface area contributed by atoms with Crippen LogP contribution in [0.2, 0.25) is 0 Å². The Morgan fingerprint density at radius 3 is 2.24 bits per heavy atom. The summed E-state index contributed by atoms with van der Waals surface area (Å²) >= 11 is 0. The molecule has 1 aliphatic rings. The number of fused-ring (bicyclic) bond motifs is 1. The van der Waals surface area contributed by atoms with Crippen molar-refractivity contribution in [2.24, 2.45) is 0 Å². The first-order valence-electron chi connectivity index (χ1n) is 8.25. The highest BCUT2D eigenvalue weighted by Gasteiger charge is 2.33. The molecule has 0 saturated heterocycles. The first kappa shape index (κ1) is 16.4. The number of likely N-dealkylation sites (N-methyl/N-ethyl adjacent to an activating group) is 1. The molecule has 1 heterocycles. The highest BCUT2D eigenvalue weighted by atomic mass is 16.5. The Morgan fingerprint density at radius 1 is 1.10 bits per heavy atom. The number of nitrogens with one attached hydrogen (secondary N) is 1. The van der Waals surface area contributed by atoms with Gasteiger partial charge < -0.3 is 10.1 Å². The SMILES string of the molecule is CCC(C)(C)c1cc2c(c(C(C)(C)CC)c1)OCC2NC. The molecule has 1 atom stereocenters. The van der Waals surface area contributed by atoms with Gasteiger partial charge in [0.2, 0.25) is 0 Å². The monoisotopic (exact) mass is 289 g/mol. The molecule has 1 N–H and O–H groups in total. The predicted molar refractivity (Wildman–Crippen MR) is 90.4 cm³/mol. The first-order valence-corrected chi connectivity index (χ1v) is 8.25. The highest BCUT2D eigenvalue weighted by molar-refractivity contribution is 5.53. The van der Waals surface area contributed by atoms with Crippen molar-refractivity contribution in [3.8, 4) is 5.75 Å². The molecule has 21 heavy (non-hydrogen) atoms. The largest absolute Gasteiger partial charge is 0.491 e. The van der Waals surface area contributed by atoms with Crippen LogP contribution in [0.4, 0.5) is 0 Å². The van der Waals surface area contributed by atoms with Gasteiger partial charge in [-0.2, -0.15) is 0 Å². The third-order valence-corrected chi connectivity index (χ3v) is 5.51. The average molecular weight is 289 g/mol. The van der Waals surface area contributed by atoms with Gasteiger partial charge in [-0.3, -0.25) is 0 Å². The quantitative estimate of drug-likeness (QED) is 0.847. The molecular weight excluding hydrogens is 258 g/mol. The lowest BCUT2D eigenvalue weighted by Crippen LogP contribution is -2.22. The molecule has 1 unspecified atom stereocenters. The normalized spacial score (nSPS) is 18.5. The Labute approximate surface area is 130 Å². The molecule has 1 aromatic carbocycles. The smallest absolute Gasteiger partial charge is 0.128 e. The zero-order valence-electron chi connectivity index (χ0n) is 14.8. The summed E-state index contributed by atoms with van der Waals surface area (Å²) in [5.74, 6) is 1.12. The number of benzene rings is 1. The Balaban J connectivity index is 2.65. The van der Waals surface area contributed by atoms with Crippen molar-refractivity contribution < 1.29 is 4.74 Å². The molecule has 0 bridgehead atoms. The van der Waals surface area contributed by atoms with Crippen LogP contribution in [-0.4, -0.2) is 13.7 Å². The fraction of sp³-hybridized carbons (Fsp3) is 0.684. The first-order chi connectivity index (χ1) is 9.76. The van der Waals surface area contributed by atoms with E-state index in [1.165, 1.54) is 16.7 Å². The van der Waals surface area contributed by atoms with Gasteiger partial charge in [-0.05, 0) is 42.3 Å². The third-order valence-electron chi connectivity index (χ3n) is 5.51. The van der Waals surface area contributed by atoms with Gasteiger partial charge in [-0.15, -0.1) is 0 Å². The van der Waals surface area contributed by atoms with E-state index in [2.05, 4.69) is 59.0 Å². The second-order valence-corrected chi connectivity index (χ2v) is 7.57. The fourth-order valence-electron chi connectivity index (χ4n) is 2.85. The van der Waals surface area contributed by atoms with E-state index in [0.29, 0.717) is 6.04 Å². The van der Waals surface area contributed by atoms with E-state index >= 15 is 0 Å². The zero-order valence-corrected chi connectivity index (χ0v) is 14.8. The second-order valence-electron chi connectivity index (χ2n) is 7.57. The maximum Gasteiger partial charge on any atom is 0.128 e. The van der Waals surface area contributed by atoms with Gasteiger partial charge in [0.1, 0.15) is 12.4 Å². The maximum atomic E-state index is 6.06. The Bertz CT molecular complexity index is 517. The minimum absolute atomic E-state index is 0.145. The van der Waals surface area contributed by atoms with Gasteiger partial charge >= 0.3 is 0 Å². The van der Waals surface area contributed by atoms with Crippen LogP contribution in [0.5, 0.6) is 5.75 Å². The Morgan fingerprint density at radius 2 is 1.71 bits per heavy atom. The molecule has 0 aliphatic carbocycles. The summed E-state index contributed by atoms with van der Waals surface area (Å²) in [6.45, 7) is 14.6. The van der Waals surface area contributed by atoms with E-state index in [4.69, 9.17) is 4.74 Å². The Kier molecular flexibility index (Phi) is 4.39. The number of ether oxygens (including phenoxy) is 1. The molecule has 0 saturated carbocycles. The van der Waals surface area contributed by atoms with Crippen LogP contribution in [0.3, 0.4) is 0 Å². The van der Waals surface area contributed by atoms with E-state index in [0.717, 1.165) is 25.2 Å². The van der Waals surface area contributed by atoms with Gasteiger partial charge in [0, 0.05) is 11.1 Å². The Hall–Kier alpha value is -1.02. The van der Waals surface area contributed by atoms with Gasteiger partial charge in [0.15, 0.2) is 0 Å². The second kappa shape index (κ2) is 5.64. The number of hydrogen-bond acceptors (Lipinski definition) is 2. The summed E-state index contributed by atoms with van der Waals surface area (Å²) in [5.41, 5.74) is 4.50. The molecule has 2 heteroatoms. The van der Waals surface area contributed by atoms with E-state index < -0.39 is 0 Å². The molecular formula is C19H31NO. The van der Waals surface area contributed by atoms with E-state index in [1.807, 2.05) is 7.05 Å². The van der Waals surface area contributed by atoms with Crippen LogP contribution >= 0.6 is 0 Å². The summed E-state index contributed by atoms with van der Waals surface area (Å²) in [5, 5.41) is 3.39. The van der Waals surface area contributed by atoms with Crippen LogP contribution in [0.25, 0.3) is 0 Å². The molecule has 1 aliphatic heterocycles. The number of rotatable bonds is 5. The lowest BCUT2D eigenvalue weighted by atomic mass is 9.75. The van der Waals surface area contributed by atoms with Crippen molar-refractivity contribution in [1.29, 1.82) is 0 Å². The topological polar surface area (TPSA) is 21.3 Å². The van der Waals surface area contributed by atoms with E-state index in [1.54, 1.807) is 0 Å². The highest BCUT2D eigenvalue weighted by Crippen LogP contribution is 2.45. The van der Waals surface area contributed by atoms with Gasteiger partial charge in [0.05, 0.1) is 6.04 Å². The van der Waals surface area contributed by atoms with E-state index in [-0.39, 0.29) is 10.8 Å². The third kappa shape index (κ3) is 2.83. The van der Waals surface area contributed by atoms with Crippen LogP contribution in [-0.2, 0) is 10.8 Å². The van der Waals surface area contributed by atoms with Crippen molar-refractivity contribution in [2.45, 2.75) is 71.3 Å². The van der Waals surface area contributed by atoms with Crippen molar-refractivity contribution in [1.82, 2.24) is 5.32 Å². The maximum absolute atomic E-state index is 6.06. The van der Waals surface area contributed by atoms with Crippen LogP contribution in [0.1, 0.15) is 77.1 Å². The minimum Gasteiger partial charge on any atom is -0.491 e. The summed E-state index contributed by atoms with van der Waals surface area (Å²) < 4.78 is 6.06. The van der Waals surface area contributed by atoms with Gasteiger partial charge in [-0.25, -0.2) is 0 Å². The van der Waals surface area contributed by atoms with Crippen molar-refractivity contribution >= 4 is 0 Å². The predicted octanol–water partition coefficient (Wildman–Crippen LogP) is 4.71. The molecule has 0 fully saturated rings. The molecule has 0 radical (unpaired) electrons. The summed E-state index contributed by atoms with van der Waals surface area (Å²) in [4.78, 5) is 0. The number of hydrogen-bond donors (Lipinski definition) is 1. The molecule has 0 aromatic heterocycles. The summed E-state index contributed by atoms with van der Waals surface area (Å²) in [6.07, 6.45) is 2.26. The van der Waals surface area contributed by atoms with Gasteiger partial charge in [-0.1, -0.05) is 47.6 Å². The molecule has 2 nitrogen and oxygen atoms in total. The standard InChI is InChI=1S/C19H31NO/c1-8-18(3,4)13-10-14-16(20-7)12-21-17(14)15(11-13)19(5,6)9-2/h10-11,16,20H,8-9,12H2,1-7H3. The summed E-state index contributed by atoms with van der Waals surface area (Å²) in [6, 6.07) is 5.07. The van der Waals surface area contributed by atoms with Crippen molar-refractivity contribution in [3.63, 3.8) is 0 Å². The minimum atomic E-state index is 0.145. The fourth-order valence-corrected chi connectivity index (χ4v) is 2.85. The van der Waals surface area contributed by atoms with Crippen LogP contribution in [0.15, 0.2) is 12.1 Å². The zero-order chi connectivity index (χ0) is 15.8. The van der Waals surface area contributed by atoms with Crippen LogP contribution in [0, 0.1) is 0 Å². The van der Waals surface area contributed by atoms with Crippen LogP contribution < -0.4 is 10.1 Å². The lowest BCUT2D eigenvalue weighted by molar-refractivity contribution is 0.310. The molecule has 0 spiro atoms. The average Bonchev–Trinajstić information content (AvgIpc) is 2.88. The lowest BCUT2D eigenvalue weighted by Gasteiger charge is -2.30. The van der Waals surface area contributed by atoms with Gasteiger partial charge in [0.25, 0.3) is 0 Å². The van der Waals surface area contributed by atoms with Crippen molar-refractivity contribution in [3.05, 3.63) is 28.8 Å².